The summed E-state index contributed by atoms with van der Waals surface area (Å²) in [6, 6.07) is 1.95. The van der Waals surface area contributed by atoms with Crippen molar-refractivity contribution in [3.63, 3.8) is 0 Å². The molecule has 0 spiro atoms. The van der Waals surface area contributed by atoms with Crippen LogP contribution in [0.2, 0.25) is 0 Å². The summed E-state index contributed by atoms with van der Waals surface area (Å²) >= 11 is 0. The van der Waals surface area contributed by atoms with Crippen molar-refractivity contribution in [1.29, 1.82) is 0 Å². The Morgan fingerprint density at radius 1 is 1.34 bits per heavy atom. The highest BCUT2D eigenvalue weighted by Crippen LogP contribution is 2.36. The van der Waals surface area contributed by atoms with Crippen LogP contribution in [0.25, 0.3) is 11.9 Å². The van der Waals surface area contributed by atoms with E-state index in [0.717, 1.165) is 28.7 Å². The molecule has 0 N–H and O–H groups in total. The van der Waals surface area contributed by atoms with E-state index in [-0.39, 0.29) is 35.1 Å². The minimum absolute atomic E-state index is 0.0315. The van der Waals surface area contributed by atoms with Crippen molar-refractivity contribution in [3.05, 3.63) is 53.0 Å². The Kier molecular flexibility index (Phi) is 6.27. The Balaban J connectivity index is 2.01. The molecular weight excluding hydrogens is 445 g/mol. The van der Waals surface area contributed by atoms with E-state index in [0.29, 0.717) is 0 Å². The third kappa shape index (κ3) is 4.60. The fraction of sp³-hybridized carbons (Fsp3) is 0.286. The van der Waals surface area contributed by atoms with Gasteiger partial charge in [0.05, 0.1) is 18.1 Å². The van der Waals surface area contributed by atoms with Crippen LogP contribution in [-0.2, 0) is 15.6 Å². The normalized spacial score (nSPS) is 20.5. The van der Waals surface area contributed by atoms with Crippen LogP contribution in [0, 0.1) is 24.0 Å². The number of aliphatic imine (C=N–C) groups is 1. The first-order chi connectivity index (χ1) is 15.0. The third-order valence-electron chi connectivity index (χ3n) is 4.85. The van der Waals surface area contributed by atoms with E-state index in [1.54, 1.807) is 0 Å². The van der Waals surface area contributed by atoms with Crippen LogP contribution in [0.15, 0.2) is 29.5 Å². The van der Waals surface area contributed by atoms with E-state index in [4.69, 9.17) is 11.2 Å². The van der Waals surface area contributed by atoms with Crippen LogP contribution in [0.3, 0.4) is 0 Å². The van der Waals surface area contributed by atoms with Gasteiger partial charge in [-0.2, -0.15) is 0 Å². The molecule has 1 aromatic heterocycles. The highest BCUT2D eigenvalue weighted by atomic mass is 32.2. The summed E-state index contributed by atoms with van der Waals surface area (Å²) in [6.07, 6.45) is 8.27. The van der Waals surface area contributed by atoms with E-state index >= 15 is 0 Å². The van der Waals surface area contributed by atoms with Gasteiger partial charge in [-0.25, -0.2) is 31.6 Å². The summed E-state index contributed by atoms with van der Waals surface area (Å²) in [5, 5.41) is 0. The number of hydrogen-bond acceptors (Lipinski definition) is 6. The number of ether oxygens (including phenoxy) is 1. The smallest absolute Gasteiger partial charge is 0.238 e. The molecule has 0 aliphatic carbocycles. The molecule has 7 nitrogen and oxygen atoms in total. The molecule has 0 fully saturated rings. The van der Waals surface area contributed by atoms with Gasteiger partial charge in [-0.3, -0.25) is 9.30 Å². The minimum Gasteiger partial charge on any atom is -0.463 e. The number of terminal acetylenes is 1. The predicted octanol–water partition coefficient (Wildman–Crippen LogP) is 3.14. The van der Waals surface area contributed by atoms with Gasteiger partial charge in [-0.05, 0) is 37.6 Å². The van der Waals surface area contributed by atoms with E-state index in [2.05, 4.69) is 20.9 Å². The summed E-state index contributed by atoms with van der Waals surface area (Å²) in [6.45, 7) is 2.79. The van der Waals surface area contributed by atoms with Crippen molar-refractivity contribution in [2.75, 3.05) is 19.4 Å². The molecule has 1 aliphatic rings. The van der Waals surface area contributed by atoms with Gasteiger partial charge in [0.15, 0.2) is 24.1 Å². The van der Waals surface area contributed by atoms with Gasteiger partial charge >= 0.3 is 0 Å². The highest BCUT2D eigenvalue weighted by Gasteiger charge is 2.41. The van der Waals surface area contributed by atoms with E-state index in [1.807, 2.05) is 0 Å². The van der Waals surface area contributed by atoms with Crippen molar-refractivity contribution in [2.45, 2.75) is 19.4 Å². The number of amidine groups is 1. The molecular formula is C21H19F3N4O3S. The van der Waals surface area contributed by atoms with E-state index in [9.17, 15) is 21.6 Å². The molecule has 0 amide bonds. The molecule has 0 saturated carbocycles. The van der Waals surface area contributed by atoms with Gasteiger partial charge in [0, 0.05) is 12.6 Å². The Labute approximate surface area is 183 Å². The summed E-state index contributed by atoms with van der Waals surface area (Å²) in [5.41, 5.74) is -2.13. The van der Waals surface area contributed by atoms with E-state index in [1.165, 1.54) is 27.1 Å². The minimum atomic E-state index is -3.80. The number of nitrogens with zero attached hydrogens (tertiary/aromatic N) is 4. The fourth-order valence-electron chi connectivity index (χ4n) is 3.19. The van der Waals surface area contributed by atoms with Crippen molar-refractivity contribution in [1.82, 2.24) is 14.3 Å². The van der Waals surface area contributed by atoms with Crippen LogP contribution >= 0.6 is 0 Å². The number of sulfonamides is 1. The van der Waals surface area contributed by atoms with Crippen molar-refractivity contribution < 1.29 is 26.3 Å². The molecule has 32 heavy (non-hydrogen) atoms. The Bertz CT molecular complexity index is 1250. The summed E-state index contributed by atoms with van der Waals surface area (Å²) in [4.78, 5) is 12.0. The molecule has 168 valence electrons. The quantitative estimate of drug-likeness (QED) is 0.635. The van der Waals surface area contributed by atoms with Crippen molar-refractivity contribution in [3.8, 4) is 18.2 Å². The van der Waals surface area contributed by atoms with Gasteiger partial charge in [0.1, 0.15) is 17.1 Å². The number of aromatic nitrogens is 2. The molecule has 1 aromatic carbocycles. The van der Waals surface area contributed by atoms with Gasteiger partial charge < -0.3 is 4.74 Å². The fourth-order valence-corrected chi connectivity index (χ4v) is 4.75. The zero-order chi connectivity index (χ0) is 23.7. The van der Waals surface area contributed by atoms with Gasteiger partial charge in [-0.1, -0.05) is 5.92 Å². The lowest BCUT2D eigenvalue weighted by Crippen LogP contribution is -2.46. The lowest BCUT2D eigenvalue weighted by atomic mass is 9.92. The maximum Gasteiger partial charge on any atom is 0.238 e. The molecule has 0 bridgehead atoms. The molecule has 11 heteroatoms. The molecule has 0 saturated heterocycles. The van der Waals surface area contributed by atoms with Gasteiger partial charge in [0.2, 0.25) is 15.9 Å². The lowest BCUT2D eigenvalue weighted by Gasteiger charge is -2.35. The molecule has 3 rings (SSSR count). The number of hydrogen-bond donors (Lipinski definition) is 0. The van der Waals surface area contributed by atoms with Gasteiger partial charge in [0.25, 0.3) is 0 Å². The van der Waals surface area contributed by atoms with Crippen LogP contribution in [0.4, 0.5) is 13.2 Å². The predicted molar refractivity (Wildman–Crippen MR) is 114 cm³/mol. The van der Waals surface area contributed by atoms with Gasteiger partial charge in [-0.15, -0.1) is 6.42 Å². The zero-order valence-electron chi connectivity index (χ0n) is 17.4. The molecule has 2 aromatic rings. The largest absolute Gasteiger partial charge is 0.463 e. The summed E-state index contributed by atoms with van der Waals surface area (Å²) in [7, 11) is -2.48. The second kappa shape index (κ2) is 8.63. The molecule has 0 radical (unpaired) electrons. The highest BCUT2D eigenvalue weighted by molar-refractivity contribution is 7.89. The topological polar surface area (TPSA) is 84.8 Å². The van der Waals surface area contributed by atoms with Crippen LogP contribution in [-0.4, -0.2) is 47.9 Å². The Morgan fingerprint density at radius 3 is 2.66 bits per heavy atom. The second-order valence-corrected chi connectivity index (χ2v) is 9.25. The second-order valence-electron chi connectivity index (χ2n) is 7.25. The monoisotopic (exact) mass is 464 g/mol. The zero-order valence-corrected chi connectivity index (χ0v) is 18.3. The van der Waals surface area contributed by atoms with Crippen molar-refractivity contribution in [2.24, 2.45) is 4.99 Å². The molecule has 1 aliphatic heterocycles. The van der Waals surface area contributed by atoms with Crippen LogP contribution < -0.4 is 4.74 Å². The third-order valence-corrected chi connectivity index (χ3v) is 6.87. The summed E-state index contributed by atoms with van der Waals surface area (Å²) < 4.78 is 74.6. The van der Waals surface area contributed by atoms with Crippen molar-refractivity contribution >= 4 is 27.8 Å². The maximum absolute atomic E-state index is 14.7. The number of halogens is 3. The molecule has 2 heterocycles. The molecule has 1 atom stereocenters. The number of benzene rings is 1. The Hall–Kier alpha value is -3.39. The average molecular weight is 464 g/mol. The van der Waals surface area contributed by atoms with Crippen LogP contribution in [0.1, 0.15) is 30.7 Å². The summed E-state index contributed by atoms with van der Waals surface area (Å²) in [5.74, 6) is -1.51. The molecule has 0 unspecified atom stereocenters. The number of rotatable bonds is 5. The maximum atomic E-state index is 14.7. The van der Waals surface area contributed by atoms with E-state index < -0.39 is 38.8 Å². The first-order valence-corrected chi connectivity index (χ1v) is 10.9. The average Bonchev–Trinajstić information content (AvgIpc) is 2.72. The first-order valence-electron chi connectivity index (χ1n) is 9.25. The first kappa shape index (κ1) is 23.3. The van der Waals surface area contributed by atoms with Crippen LogP contribution in [0.5, 0.6) is 5.88 Å². The Morgan fingerprint density at radius 2 is 2.06 bits per heavy atom. The SMILES string of the molecule is C#CCOc1cnc(/C(F)=C/c2cc(F)c(F)c([C@]3(C)CS(=O)(=O)N(C)C(C)=N3)c2)cn1. The standard InChI is InChI=1S/C21H19F3N4O3S/c1-5-6-31-19-11-25-18(10-26-19)16(22)8-14-7-15(20(24)17(23)9-14)21(3)12-32(29,30)28(4)13(2)27-21/h1,7-11H,6,12H2,2-4H3/b16-8-/t21-/m0/s1. The lowest BCUT2D eigenvalue weighted by molar-refractivity contribution is 0.353.